The van der Waals surface area contributed by atoms with E-state index < -0.39 is 0 Å². The molecule has 1 fully saturated rings. The van der Waals surface area contributed by atoms with Gasteiger partial charge in [-0.2, -0.15) is 4.37 Å². The minimum absolute atomic E-state index is 0.0939. The third-order valence-electron chi connectivity index (χ3n) is 3.72. The Morgan fingerprint density at radius 1 is 1.55 bits per heavy atom. The quantitative estimate of drug-likeness (QED) is 0.846. The summed E-state index contributed by atoms with van der Waals surface area (Å²) in [5.74, 6) is 0.975. The molecule has 0 bridgehead atoms. The molecule has 0 spiro atoms. The van der Waals surface area contributed by atoms with Gasteiger partial charge in [0.1, 0.15) is 10.6 Å². The molecule has 2 rings (SSSR count). The van der Waals surface area contributed by atoms with Crippen molar-refractivity contribution in [2.45, 2.75) is 46.1 Å². The summed E-state index contributed by atoms with van der Waals surface area (Å²) in [6.45, 7) is 7.87. The highest BCUT2D eigenvalue weighted by Crippen LogP contribution is 2.34. The number of hydrogen-bond acceptors (Lipinski definition) is 5. The maximum atomic E-state index is 12.3. The maximum absolute atomic E-state index is 12.3. The number of anilines is 2. The highest BCUT2D eigenvalue weighted by atomic mass is 32.1. The average molecular weight is 296 g/mol. The summed E-state index contributed by atoms with van der Waals surface area (Å²) in [5, 5.41) is 3.82. The first kappa shape index (κ1) is 15.1. The van der Waals surface area contributed by atoms with Crippen molar-refractivity contribution in [1.29, 1.82) is 0 Å². The van der Waals surface area contributed by atoms with Crippen molar-refractivity contribution >= 4 is 28.3 Å². The van der Waals surface area contributed by atoms with Gasteiger partial charge in [-0.05, 0) is 51.1 Å². The molecule has 20 heavy (non-hydrogen) atoms. The number of nitrogen functional groups attached to an aromatic ring is 1. The van der Waals surface area contributed by atoms with Gasteiger partial charge >= 0.3 is 0 Å². The molecule has 0 unspecified atom stereocenters. The van der Waals surface area contributed by atoms with Crippen LogP contribution in [0.5, 0.6) is 0 Å². The lowest BCUT2D eigenvalue weighted by atomic mass is 9.85. The highest BCUT2D eigenvalue weighted by Gasteiger charge is 2.26. The van der Waals surface area contributed by atoms with Crippen molar-refractivity contribution in [2.24, 2.45) is 5.92 Å². The predicted octanol–water partition coefficient (Wildman–Crippen LogP) is 2.49. The predicted molar refractivity (Wildman–Crippen MR) is 84.4 cm³/mol. The van der Waals surface area contributed by atoms with Crippen LogP contribution in [0, 0.1) is 5.92 Å². The van der Waals surface area contributed by atoms with Crippen molar-refractivity contribution in [3.8, 4) is 0 Å². The molecule has 1 aromatic heterocycles. The SMILES string of the molecule is CCN(CC1CCC1)c1snc(N)c1C(=O)NC(C)C. The molecule has 1 saturated carbocycles. The van der Waals surface area contributed by atoms with E-state index in [9.17, 15) is 4.79 Å². The van der Waals surface area contributed by atoms with E-state index in [1.165, 1.54) is 30.8 Å². The zero-order valence-corrected chi connectivity index (χ0v) is 13.3. The van der Waals surface area contributed by atoms with Crippen LogP contribution < -0.4 is 16.0 Å². The summed E-state index contributed by atoms with van der Waals surface area (Å²) in [5.41, 5.74) is 6.45. The Bertz CT molecular complexity index is 468. The fourth-order valence-corrected chi connectivity index (χ4v) is 3.28. The molecular formula is C14H24N4OS. The Labute approximate surface area is 124 Å². The van der Waals surface area contributed by atoms with Gasteiger partial charge in [-0.3, -0.25) is 4.79 Å². The standard InChI is InChI=1S/C14H24N4OS/c1-4-18(8-10-6-5-7-10)14-11(12(15)17-20-14)13(19)16-9(2)3/h9-10H,4-8H2,1-3H3,(H2,15,17)(H,16,19). The summed E-state index contributed by atoms with van der Waals surface area (Å²) in [6, 6.07) is 0.0939. The van der Waals surface area contributed by atoms with Gasteiger partial charge in [0.25, 0.3) is 5.91 Å². The van der Waals surface area contributed by atoms with E-state index in [1.807, 2.05) is 13.8 Å². The lowest BCUT2D eigenvalue weighted by molar-refractivity contribution is 0.0944. The number of hydrogen-bond donors (Lipinski definition) is 2. The van der Waals surface area contributed by atoms with Crippen LogP contribution in [0.4, 0.5) is 10.8 Å². The van der Waals surface area contributed by atoms with E-state index in [4.69, 9.17) is 5.73 Å². The summed E-state index contributed by atoms with van der Waals surface area (Å²) in [7, 11) is 0. The first-order chi connectivity index (χ1) is 9.52. The van der Waals surface area contributed by atoms with E-state index in [1.54, 1.807) is 0 Å². The zero-order chi connectivity index (χ0) is 14.7. The van der Waals surface area contributed by atoms with Crippen LogP contribution in [0.1, 0.15) is 50.4 Å². The fraction of sp³-hybridized carbons (Fsp3) is 0.714. The second-order valence-electron chi connectivity index (χ2n) is 5.71. The molecular weight excluding hydrogens is 272 g/mol. The van der Waals surface area contributed by atoms with Crippen molar-refractivity contribution in [3.05, 3.63) is 5.56 Å². The molecule has 0 atom stereocenters. The minimum Gasteiger partial charge on any atom is -0.382 e. The van der Waals surface area contributed by atoms with Crippen molar-refractivity contribution < 1.29 is 4.79 Å². The number of carbonyl (C=O) groups excluding carboxylic acids is 1. The first-order valence-corrected chi connectivity index (χ1v) is 8.11. The summed E-state index contributed by atoms with van der Waals surface area (Å²) in [6.07, 6.45) is 3.91. The molecule has 6 heteroatoms. The smallest absolute Gasteiger partial charge is 0.258 e. The number of nitrogens with zero attached hydrogens (tertiary/aromatic N) is 2. The molecule has 1 aliphatic carbocycles. The van der Waals surface area contributed by atoms with Gasteiger partial charge in [0.15, 0.2) is 5.82 Å². The Balaban J connectivity index is 2.19. The molecule has 3 N–H and O–H groups in total. The largest absolute Gasteiger partial charge is 0.382 e. The third kappa shape index (κ3) is 3.23. The Morgan fingerprint density at radius 2 is 2.25 bits per heavy atom. The van der Waals surface area contributed by atoms with Gasteiger partial charge in [-0.15, -0.1) is 0 Å². The fourth-order valence-electron chi connectivity index (χ4n) is 2.40. The molecule has 1 amide bonds. The van der Waals surface area contributed by atoms with Crippen molar-refractivity contribution in [1.82, 2.24) is 9.69 Å². The highest BCUT2D eigenvalue weighted by molar-refractivity contribution is 7.11. The third-order valence-corrected chi connectivity index (χ3v) is 4.64. The van der Waals surface area contributed by atoms with E-state index >= 15 is 0 Å². The topological polar surface area (TPSA) is 71.2 Å². The summed E-state index contributed by atoms with van der Waals surface area (Å²) < 4.78 is 4.18. The van der Waals surface area contributed by atoms with Crippen molar-refractivity contribution in [3.63, 3.8) is 0 Å². The van der Waals surface area contributed by atoms with Crippen LogP contribution in [0.3, 0.4) is 0 Å². The number of nitrogens with two attached hydrogens (primary N) is 1. The summed E-state index contributed by atoms with van der Waals surface area (Å²) in [4.78, 5) is 14.5. The number of aromatic nitrogens is 1. The minimum atomic E-state index is -0.117. The van der Waals surface area contributed by atoms with Gasteiger partial charge in [-0.1, -0.05) is 6.42 Å². The lowest BCUT2D eigenvalue weighted by Crippen LogP contribution is -2.35. The molecule has 112 valence electrons. The van der Waals surface area contributed by atoms with Crippen LogP contribution in [0.2, 0.25) is 0 Å². The molecule has 0 saturated heterocycles. The van der Waals surface area contributed by atoms with Crippen LogP contribution >= 0.6 is 11.5 Å². The van der Waals surface area contributed by atoms with Gasteiger partial charge in [-0.25, -0.2) is 0 Å². The first-order valence-electron chi connectivity index (χ1n) is 7.33. The Morgan fingerprint density at radius 3 is 2.75 bits per heavy atom. The molecule has 1 aliphatic rings. The molecule has 1 heterocycles. The average Bonchev–Trinajstić information content (AvgIpc) is 2.69. The van der Waals surface area contributed by atoms with Crippen molar-refractivity contribution in [2.75, 3.05) is 23.7 Å². The molecule has 1 aromatic rings. The van der Waals surface area contributed by atoms with E-state index in [-0.39, 0.29) is 11.9 Å². The zero-order valence-electron chi connectivity index (χ0n) is 12.5. The summed E-state index contributed by atoms with van der Waals surface area (Å²) >= 11 is 1.33. The molecule has 0 aliphatic heterocycles. The monoisotopic (exact) mass is 296 g/mol. The van der Waals surface area contributed by atoms with Gasteiger partial charge < -0.3 is 16.0 Å². The molecule has 0 aromatic carbocycles. The van der Waals surface area contributed by atoms with E-state index in [0.717, 1.165) is 24.0 Å². The second kappa shape index (κ2) is 6.43. The Hall–Kier alpha value is -1.30. The van der Waals surface area contributed by atoms with Crippen LogP contribution in [0.15, 0.2) is 0 Å². The van der Waals surface area contributed by atoms with Crippen LogP contribution in [-0.4, -0.2) is 29.4 Å². The van der Waals surface area contributed by atoms with Crippen LogP contribution in [0.25, 0.3) is 0 Å². The lowest BCUT2D eigenvalue weighted by Gasteiger charge is -2.32. The molecule has 5 nitrogen and oxygen atoms in total. The van der Waals surface area contributed by atoms with Crippen LogP contribution in [-0.2, 0) is 0 Å². The maximum Gasteiger partial charge on any atom is 0.258 e. The number of carbonyl (C=O) groups is 1. The number of rotatable bonds is 6. The second-order valence-corrected chi connectivity index (χ2v) is 6.46. The van der Waals surface area contributed by atoms with Gasteiger partial charge in [0.05, 0.1) is 0 Å². The van der Waals surface area contributed by atoms with Gasteiger partial charge in [0.2, 0.25) is 0 Å². The van der Waals surface area contributed by atoms with E-state index in [0.29, 0.717) is 11.4 Å². The molecule has 0 radical (unpaired) electrons. The number of amides is 1. The van der Waals surface area contributed by atoms with E-state index in [2.05, 4.69) is 21.5 Å². The number of nitrogens with one attached hydrogen (secondary N) is 1. The Kier molecular flexibility index (Phi) is 4.86. The normalized spacial score (nSPS) is 15.2. The van der Waals surface area contributed by atoms with Gasteiger partial charge in [0, 0.05) is 19.1 Å².